The number of hydrogen-bond acceptors (Lipinski definition) is 3. The Kier molecular flexibility index (Phi) is 5.42. The van der Waals surface area contributed by atoms with E-state index < -0.39 is 0 Å². The molecule has 1 saturated heterocycles. The van der Waals surface area contributed by atoms with Crippen molar-refractivity contribution in [3.8, 4) is 0 Å². The Morgan fingerprint density at radius 3 is 2.44 bits per heavy atom. The summed E-state index contributed by atoms with van der Waals surface area (Å²) in [6, 6.07) is 8.05. The van der Waals surface area contributed by atoms with Crippen LogP contribution in [0.2, 0.25) is 0 Å². The topological polar surface area (TPSA) is 43.9 Å². The fourth-order valence-electron chi connectivity index (χ4n) is 4.18. The smallest absolute Gasteiger partial charge is 0.245 e. The van der Waals surface area contributed by atoms with Gasteiger partial charge >= 0.3 is 0 Å². The highest BCUT2D eigenvalue weighted by Crippen LogP contribution is 2.27. The van der Waals surface area contributed by atoms with Crippen LogP contribution >= 0.6 is 0 Å². The van der Waals surface area contributed by atoms with Crippen LogP contribution in [0, 0.1) is 6.92 Å². The number of aryl methyl sites for hydroxylation is 1. The molecule has 25 heavy (non-hydrogen) atoms. The van der Waals surface area contributed by atoms with Crippen LogP contribution in [-0.4, -0.2) is 66.3 Å². The lowest BCUT2D eigenvalue weighted by molar-refractivity contribution is -0.149. The SMILES string of the molecule is Cc1ccccc1C(C(=O)N1CCN(C2CCCC2)C(=O)C1)N(C)C. The molecule has 2 amide bonds. The number of carbonyl (C=O) groups is 2. The van der Waals surface area contributed by atoms with Crippen LogP contribution in [0.15, 0.2) is 24.3 Å². The third-order valence-corrected chi connectivity index (χ3v) is 5.57. The van der Waals surface area contributed by atoms with Gasteiger partial charge in [-0.2, -0.15) is 0 Å². The molecule has 1 saturated carbocycles. The van der Waals surface area contributed by atoms with Crippen LogP contribution in [0.25, 0.3) is 0 Å². The number of carbonyl (C=O) groups excluding carboxylic acids is 2. The van der Waals surface area contributed by atoms with E-state index in [9.17, 15) is 9.59 Å². The summed E-state index contributed by atoms with van der Waals surface area (Å²) in [4.78, 5) is 31.5. The molecule has 1 aromatic rings. The molecule has 1 atom stereocenters. The largest absolute Gasteiger partial charge is 0.336 e. The molecule has 3 rings (SSSR count). The van der Waals surface area contributed by atoms with Gasteiger partial charge in [0, 0.05) is 19.1 Å². The predicted octanol–water partition coefficient (Wildman–Crippen LogP) is 2.21. The summed E-state index contributed by atoms with van der Waals surface area (Å²) in [7, 11) is 3.84. The standard InChI is InChI=1S/C20H29N3O2/c1-15-8-4-7-11-17(15)19(21(2)3)20(25)22-12-13-23(18(24)14-22)16-9-5-6-10-16/h4,7-8,11,16,19H,5-6,9-10,12-14H2,1-3H3. The van der Waals surface area contributed by atoms with Crippen molar-refractivity contribution in [1.29, 1.82) is 0 Å². The number of piperazine rings is 1. The van der Waals surface area contributed by atoms with Crippen molar-refractivity contribution in [1.82, 2.24) is 14.7 Å². The van der Waals surface area contributed by atoms with Gasteiger partial charge in [-0.1, -0.05) is 37.1 Å². The number of nitrogens with zero attached hydrogens (tertiary/aromatic N) is 3. The van der Waals surface area contributed by atoms with E-state index in [0.29, 0.717) is 19.1 Å². The summed E-state index contributed by atoms with van der Waals surface area (Å²) in [6.07, 6.45) is 4.66. The van der Waals surface area contributed by atoms with Gasteiger partial charge in [-0.15, -0.1) is 0 Å². The Morgan fingerprint density at radius 2 is 1.84 bits per heavy atom. The highest BCUT2D eigenvalue weighted by molar-refractivity contribution is 5.89. The van der Waals surface area contributed by atoms with Gasteiger partial charge in [0.05, 0.1) is 6.54 Å². The minimum atomic E-state index is -0.341. The molecule has 0 aromatic heterocycles. The van der Waals surface area contributed by atoms with Gasteiger partial charge in [-0.05, 0) is 45.0 Å². The van der Waals surface area contributed by atoms with Gasteiger partial charge in [0.25, 0.3) is 0 Å². The summed E-state index contributed by atoms with van der Waals surface area (Å²) in [5, 5.41) is 0. The summed E-state index contributed by atoms with van der Waals surface area (Å²) in [5.41, 5.74) is 2.12. The van der Waals surface area contributed by atoms with Gasteiger partial charge in [0.1, 0.15) is 6.04 Å². The van der Waals surface area contributed by atoms with Crippen molar-refractivity contribution in [3.05, 3.63) is 35.4 Å². The average Bonchev–Trinajstić information content (AvgIpc) is 3.10. The van der Waals surface area contributed by atoms with Crippen LogP contribution in [0.5, 0.6) is 0 Å². The minimum absolute atomic E-state index is 0.0266. The fraction of sp³-hybridized carbons (Fsp3) is 0.600. The first-order valence-electron chi connectivity index (χ1n) is 9.29. The van der Waals surface area contributed by atoms with Crippen LogP contribution < -0.4 is 0 Å². The highest BCUT2D eigenvalue weighted by Gasteiger charge is 2.36. The molecule has 2 aliphatic rings. The highest BCUT2D eigenvalue weighted by atomic mass is 16.2. The van der Waals surface area contributed by atoms with E-state index in [1.165, 1.54) is 12.8 Å². The van der Waals surface area contributed by atoms with E-state index in [0.717, 1.165) is 24.0 Å². The van der Waals surface area contributed by atoms with Crippen LogP contribution in [0.3, 0.4) is 0 Å². The molecular weight excluding hydrogens is 314 g/mol. The molecule has 0 spiro atoms. The lowest BCUT2D eigenvalue weighted by atomic mass is 9.99. The van der Waals surface area contributed by atoms with Crippen LogP contribution in [0.1, 0.15) is 42.9 Å². The van der Waals surface area contributed by atoms with Crippen molar-refractivity contribution in [2.75, 3.05) is 33.7 Å². The van der Waals surface area contributed by atoms with Gasteiger partial charge in [0.2, 0.25) is 11.8 Å². The van der Waals surface area contributed by atoms with E-state index in [-0.39, 0.29) is 24.4 Å². The molecule has 1 heterocycles. The maximum atomic E-state index is 13.2. The van der Waals surface area contributed by atoms with Crippen molar-refractivity contribution < 1.29 is 9.59 Å². The van der Waals surface area contributed by atoms with Crippen molar-refractivity contribution in [2.24, 2.45) is 0 Å². The quantitative estimate of drug-likeness (QED) is 0.842. The Hall–Kier alpha value is -1.88. The number of rotatable bonds is 4. The molecule has 2 fully saturated rings. The second kappa shape index (κ2) is 7.56. The third kappa shape index (κ3) is 3.71. The first-order chi connectivity index (χ1) is 12.0. The molecule has 5 nitrogen and oxygen atoms in total. The van der Waals surface area contributed by atoms with Gasteiger partial charge in [-0.3, -0.25) is 14.5 Å². The zero-order valence-corrected chi connectivity index (χ0v) is 15.6. The van der Waals surface area contributed by atoms with E-state index in [1.54, 1.807) is 4.90 Å². The molecule has 0 bridgehead atoms. The number of likely N-dealkylation sites (N-methyl/N-ethyl adjacent to an activating group) is 1. The lowest BCUT2D eigenvalue weighted by Crippen LogP contribution is -2.56. The number of amides is 2. The Morgan fingerprint density at radius 1 is 1.16 bits per heavy atom. The van der Waals surface area contributed by atoms with Crippen LogP contribution in [0.4, 0.5) is 0 Å². The monoisotopic (exact) mass is 343 g/mol. The molecule has 136 valence electrons. The second-order valence-electron chi connectivity index (χ2n) is 7.51. The average molecular weight is 343 g/mol. The first kappa shape index (κ1) is 17.9. The first-order valence-corrected chi connectivity index (χ1v) is 9.29. The summed E-state index contributed by atoms with van der Waals surface area (Å²) in [5.74, 6) is 0.132. The zero-order valence-electron chi connectivity index (χ0n) is 15.6. The summed E-state index contributed by atoms with van der Waals surface area (Å²) in [6.45, 7) is 3.55. The Balaban J connectivity index is 1.73. The summed E-state index contributed by atoms with van der Waals surface area (Å²) >= 11 is 0. The number of benzene rings is 1. The van der Waals surface area contributed by atoms with Gasteiger partial charge in [0.15, 0.2) is 0 Å². The van der Waals surface area contributed by atoms with Gasteiger partial charge in [-0.25, -0.2) is 0 Å². The van der Waals surface area contributed by atoms with Crippen molar-refractivity contribution in [2.45, 2.75) is 44.7 Å². The van der Waals surface area contributed by atoms with Crippen molar-refractivity contribution in [3.63, 3.8) is 0 Å². The maximum Gasteiger partial charge on any atom is 0.245 e. The van der Waals surface area contributed by atoms with Gasteiger partial charge < -0.3 is 9.80 Å². The molecule has 5 heteroatoms. The van der Waals surface area contributed by atoms with Crippen LogP contribution in [-0.2, 0) is 9.59 Å². The maximum absolute atomic E-state index is 13.2. The lowest BCUT2D eigenvalue weighted by Gasteiger charge is -2.40. The molecule has 0 N–H and O–H groups in total. The zero-order chi connectivity index (χ0) is 18.0. The van der Waals surface area contributed by atoms with E-state index >= 15 is 0 Å². The third-order valence-electron chi connectivity index (χ3n) is 5.57. The molecule has 0 radical (unpaired) electrons. The number of hydrogen-bond donors (Lipinski definition) is 0. The minimum Gasteiger partial charge on any atom is -0.336 e. The summed E-state index contributed by atoms with van der Waals surface area (Å²) < 4.78 is 0. The molecule has 1 aromatic carbocycles. The second-order valence-corrected chi connectivity index (χ2v) is 7.51. The Labute approximate surface area is 150 Å². The molecule has 1 unspecified atom stereocenters. The predicted molar refractivity (Wildman–Crippen MR) is 98.2 cm³/mol. The molecular formula is C20H29N3O2. The fourth-order valence-corrected chi connectivity index (χ4v) is 4.18. The van der Waals surface area contributed by atoms with Crippen molar-refractivity contribution >= 4 is 11.8 Å². The molecule has 1 aliphatic carbocycles. The van der Waals surface area contributed by atoms with E-state index in [1.807, 2.05) is 55.1 Å². The van der Waals surface area contributed by atoms with E-state index in [4.69, 9.17) is 0 Å². The normalized spacial score (nSPS) is 20.4. The van der Waals surface area contributed by atoms with E-state index in [2.05, 4.69) is 0 Å². The molecule has 1 aliphatic heterocycles. The Bertz CT molecular complexity index is 638.